The minimum atomic E-state index is -0.407. The molecule has 1 aromatic carbocycles. The van der Waals surface area contributed by atoms with Gasteiger partial charge in [-0.2, -0.15) is 0 Å². The Morgan fingerprint density at radius 2 is 2.13 bits per heavy atom. The zero-order valence-corrected chi connectivity index (χ0v) is 10.4. The van der Waals surface area contributed by atoms with Crippen LogP contribution in [0.3, 0.4) is 0 Å². The quantitative estimate of drug-likeness (QED) is 0.887. The molecule has 3 nitrogen and oxygen atoms in total. The molecule has 0 spiro atoms. The molecular formula is C11H15BrO3. The van der Waals surface area contributed by atoms with E-state index in [4.69, 9.17) is 4.74 Å². The molecule has 0 saturated heterocycles. The number of halogens is 1. The average Bonchev–Trinajstić information content (AvgIpc) is 2.12. The van der Waals surface area contributed by atoms with Crippen LogP contribution in [-0.2, 0) is 6.42 Å². The number of rotatable bonds is 4. The first-order valence-electron chi connectivity index (χ1n) is 4.86. The summed E-state index contributed by atoms with van der Waals surface area (Å²) < 4.78 is 5.87. The number of ether oxygens (including phenoxy) is 1. The van der Waals surface area contributed by atoms with Gasteiger partial charge in [-0.3, -0.25) is 0 Å². The van der Waals surface area contributed by atoms with Gasteiger partial charge in [-0.15, -0.1) is 0 Å². The summed E-state index contributed by atoms with van der Waals surface area (Å²) in [5.74, 6) is 0.550. The van der Waals surface area contributed by atoms with Crippen molar-refractivity contribution in [1.29, 1.82) is 0 Å². The van der Waals surface area contributed by atoms with Crippen LogP contribution in [-0.4, -0.2) is 22.9 Å². The maximum atomic E-state index is 9.65. The van der Waals surface area contributed by atoms with Crippen LogP contribution in [0.15, 0.2) is 16.6 Å². The topological polar surface area (TPSA) is 49.7 Å². The molecule has 4 heteroatoms. The molecule has 0 amide bonds. The van der Waals surface area contributed by atoms with Crippen LogP contribution in [0.1, 0.15) is 19.4 Å². The van der Waals surface area contributed by atoms with Gasteiger partial charge >= 0.3 is 0 Å². The fourth-order valence-electron chi connectivity index (χ4n) is 1.35. The number of hydrogen-bond acceptors (Lipinski definition) is 3. The van der Waals surface area contributed by atoms with Crippen LogP contribution in [0.2, 0.25) is 0 Å². The minimum Gasteiger partial charge on any atom is -0.503 e. The minimum absolute atomic E-state index is 0.103. The Morgan fingerprint density at radius 1 is 1.47 bits per heavy atom. The Balaban J connectivity index is 3.00. The normalized spacial score (nSPS) is 12.5. The lowest BCUT2D eigenvalue weighted by Gasteiger charge is -2.11. The third kappa shape index (κ3) is 3.39. The van der Waals surface area contributed by atoms with Gasteiger partial charge in [0.1, 0.15) is 0 Å². The van der Waals surface area contributed by atoms with E-state index in [1.807, 2.05) is 6.92 Å². The molecule has 0 aliphatic rings. The van der Waals surface area contributed by atoms with E-state index in [0.717, 1.165) is 5.56 Å². The molecule has 0 bridgehead atoms. The van der Waals surface area contributed by atoms with E-state index in [-0.39, 0.29) is 5.75 Å². The Labute approximate surface area is 97.8 Å². The highest BCUT2D eigenvalue weighted by atomic mass is 79.9. The Hall–Kier alpha value is -0.740. The van der Waals surface area contributed by atoms with E-state index < -0.39 is 6.10 Å². The third-order valence-electron chi connectivity index (χ3n) is 1.92. The van der Waals surface area contributed by atoms with E-state index in [0.29, 0.717) is 23.2 Å². The number of phenols is 1. The third-order valence-corrected chi connectivity index (χ3v) is 2.52. The Bertz CT molecular complexity index is 337. The van der Waals surface area contributed by atoms with Crippen molar-refractivity contribution in [2.45, 2.75) is 26.4 Å². The second-order valence-corrected chi connectivity index (χ2v) is 4.26. The summed E-state index contributed by atoms with van der Waals surface area (Å²) in [6, 6.07) is 3.53. The van der Waals surface area contributed by atoms with Gasteiger partial charge in [0, 0.05) is 0 Å². The molecule has 0 aromatic heterocycles. The number of aliphatic hydroxyl groups excluding tert-OH is 1. The highest BCUT2D eigenvalue weighted by Crippen LogP contribution is 2.35. The van der Waals surface area contributed by atoms with Crippen LogP contribution >= 0.6 is 15.9 Å². The van der Waals surface area contributed by atoms with Crippen molar-refractivity contribution in [3.05, 3.63) is 22.2 Å². The SMILES string of the molecule is CCOc1cc(C[C@@H](C)O)cc(Br)c1O. The van der Waals surface area contributed by atoms with E-state index in [1.165, 1.54) is 0 Å². The van der Waals surface area contributed by atoms with Crippen molar-refractivity contribution in [2.75, 3.05) is 6.61 Å². The van der Waals surface area contributed by atoms with Crippen molar-refractivity contribution in [3.63, 3.8) is 0 Å². The first-order valence-corrected chi connectivity index (χ1v) is 5.66. The number of aromatic hydroxyl groups is 1. The van der Waals surface area contributed by atoms with E-state index in [9.17, 15) is 10.2 Å². The molecule has 15 heavy (non-hydrogen) atoms. The van der Waals surface area contributed by atoms with E-state index in [2.05, 4.69) is 15.9 Å². The Kier molecular flexibility index (Phi) is 4.42. The Morgan fingerprint density at radius 3 is 2.67 bits per heavy atom. The van der Waals surface area contributed by atoms with Gasteiger partial charge in [-0.1, -0.05) is 0 Å². The van der Waals surface area contributed by atoms with Crippen molar-refractivity contribution < 1.29 is 14.9 Å². The summed E-state index contributed by atoms with van der Waals surface area (Å²) in [6.45, 7) is 4.08. The number of aliphatic hydroxyl groups is 1. The van der Waals surface area contributed by atoms with Gasteiger partial charge in [0.2, 0.25) is 0 Å². The summed E-state index contributed by atoms with van der Waals surface area (Å²) in [5, 5.41) is 18.9. The van der Waals surface area contributed by atoms with Crippen molar-refractivity contribution in [1.82, 2.24) is 0 Å². The molecule has 1 rings (SSSR count). The maximum Gasteiger partial charge on any atom is 0.172 e. The molecular weight excluding hydrogens is 260 g/mol. The molecule has 0 unspecified atom stereocenters. The summed E-state index contributed by atoms with van der Waals surface area (Å²) in [6.07, 6.45) is 0.134. The summed E-state index contributed by atoms with van der Waals surface area (Å²) in [7, 11) is 0. The van der Waals surface area contributed by atoms with Gasteiger partial charge in [-0.05, 0) is 53.9 Å². The lowest BCUT2D eigenvalue weighted by molar-refractivity contribution is 0.195. The van der Waals surface area contributed by atoms with Crippen LogP contribution in [0.5, 0.6) is 11.5 Å². The first-order chi connectivity index (χ1) is 7.04. The van der Waals surface area contributed by atoms with Crippen LogP contribution < -0.4 is 4.74 Å². The molecule has 0 radical (unpaired) electrons. The second kappa shape index (κ2) is 5.37. The maximum absolute atomic E-state index is 9.65. The van der Waals surface area contributed by atoms with Crippen molar-refractivity contribution >= 4 is 15.9 Å². The standard InChI is InChI=1S/C11H15BrO3/c1-3-15-10-6-8(4-7(2)13)5-9(12)11(10)14/h5-7,13-14H,3-4H2,1-2H3/t7-/m1/s1. The lowest BCUT2D eigenvalue weighted by atomic mass is 10.1. The molecule has 0 aliphatic carbocycles. The average molecular weight is 275 g/mol. The summed E-state index contributed by atoms with van der Waals surface area (Å²) in [4.78, 5) is 0. The molecule has 2 N–H and O–H groups in total. The first kappa shape index (κ1) is 12.3. The predicted octanol–water partition coefficient (Wildman–Crippen LogP) is 2.48. The number of hydrogen-bond donors (Lipinski definition) is 2. The number of benzene rings is 1. The van der Waals surface area contributed by atoms with Crippen molar-refractivity contribution in [2.24, 2.45) is 0 Å². The fraction of sp³-hybridized carbons (Fsp3) is 0.455. The molecule has 0 fully saturated rings. The summed E-state index contributed by atoms with van der Waals surface area (Å²) >= 11 is 3.25. The van der Waals surface area contributed by atoms with Gasteiger partial charge in [0.15, 0.2) is 11.5 Å². The van der Waals surface area contributed by atoms with Gasteiger partial charge in [0.25, 0.3) is 0 Å². The van der Waals surface area contributed by atoms with Crippen LogP contribution in [0.4, 0.5) is 0 Å². The van der Waals surface area contributed by atoms with E-state index >= 15 is 0 Å². The fourth-order valence-corrected chi connectivity index (χ4v) is 1.84. The molecule has 1 aromatic rings. The molecule has 0 aliphatic heterocycles. The lowest BCUT2D eigenvalue weighted by Crippen LogP contribution is -2.04. The molecule has 1 atom stereocenters. The van der Waals surface area contributed by atoms with Crippen LogP contribution in [0, 0.1) is 0 Å². The highest BCUT2D eigenvalue weighted by molar-refractivity contribution is 9.10. The van der Waals surface area contributed by atoms with E-state index in [1.54, 1.807) is 19.1 Å². The highest BCUT2D eigenvalue weighted by Gasteiger charge is 2.10. The van der Waals surface area contributed by atoms with Crippen molar-refractivity contribution in [3.8, 4) is 11.5 Å². The molecule has 0 heterocycles. The summed E-state index contributed by atoms with van der Waals surface area (Å²) in [5.41, 5.74) is 0.929. The van der Waals surface area contributed by atoms with Crippen LogP contribution in [0.25, 0.3) is 0 Å². The second-order valence-electron chi connectivity index (χ2n) is 3.41. The zero-order valence-electron chi connectivity index (χ0n) is 8.83. The number of phenolic OH excluding ortho intramolecular Hbond substituents is 1. The molecule has 0 saturated carbocycles. The van der Waals surface area contributed by atoms with Gasteiger partial charge in [0.05, 0.1) is 17.2 Å². The monoisotopic (exact) mass is 274 g/mol. The van der Waals surface area contributed by atoms with Gasteiger partial charge < -0.3 is 14.9 Å². The molecule has 84 valence electrons. The smallest absolute Gasteiger partial charge is 0.172 e. The van der Waals surface area contributed by atoms with Gasteiger partial charge in [-0.25, -0.2) is 0 Å². The largest absolute Gasteiger partial charge is 0.503 e. The zero-order chi connectivity index (χ0) is 11.4. The predicted molar refractivity (Wildman–Crippen MR) is 62.4 cm³/mol.